The number of rotatable bonds is 0. The number of hydrogen-bond acceptors (Lipinski definition) is 1. The van der Waals surface area contributed by atoms with Crippen molar-refractivity contribution in [3.05, 3.63) is 30.3 Å². The number of phenols is 1. The van der Waals surface area contributed by atoms with Gasteiger partial charge in [0.15, 0.2) is 0 Å². The van der Waals surface area contributed by atoms with Gasteiger partial charge in [-0.3, -0.25) is 0 Å². The third-order valence-electron chi connectivity index (χ3n) is 0.756. The molecular weight excluding hydrogens is 136 g/mol. The van der Waals surface area contributed by atoms with Gasteiger partial charge in [-0.25, -0.2) is 0 Å². The first-order valence-corrected chi connectivity index (χ1v) is 2.13. The van der Waals surface area contributed by atoms with Crippen molar-refractivity contribution in [1.29, 1.82) is 0 Å². The molecule has 60 valence electrons. The van der Waals surface area contributed by atoms with Gasteiger partial charge < -0.3 is 21.5 Å². The van der Waals surface area contributed by atoms with Gasteiger partial charge in [0.1, 0.15) is 5.75 Å². The first kappa shape index (κ1) is 16.0. The van der Waals surface area contributed by atoms with Crippen LogP contribution in [0.5, 0.6) is 5.75 Å². The molecule has 0 atom stereocenters. The summed E-state index contributed by atoms with van der Waals surface area (Å²) < 4.78 is 0. The molecule has 4 nitrogen and oxygen atoms in total. The fraction of sp³-hybridized carbons (Fsp3) is 0. The minimum Gasteiger partial charge on any atom is -0.508 e. The largest absolute Gasteiger partial charge is 0.508 e. The van der Waals surface area contributed by atoms with Crippen LogP contribution in [0.4, 0.5) is 0 Å². The van der Waals surface area contributed by atoms with Gasteiger partial charge in [-0.1, -0.05) is 18.2 Å². The zero-order valence-electron chi connectivity index (χ0n) is 5.33. The quantitative estimate of drug-likeness (QED) is 0.495. The highest BCUT2D eigenvalue weighted by atomic mass is 16.3. The highest BCUT2D eigenvalue weighted by molar-refractivity contribution is 5.18. The van der Waals surface area contributed by atoms with Crippen molar-refractivity contribution in [3.63, 3.8) is 0 Å². The van der Waals surface area contributed by atoms with Crippen LogP contribution in [0.3, 0.4) is 0 Å². The minimum atomic E-state index is 0. The summed E-state index contributed by atoms with van der Waals surface area (Å²) in [5, 5.41) is 8.63. The highest BCUT2D eigenvalue weighted by Gasteiger charge is 1.74. The Kier molecular flexibility index (Phi) is 12.6. The van der Waals surface area contributed by atoms with E-state index in [4.69, 9.17) is 5.11 Å². The second-order valence-corrected chi connectivity index (χ2v) is 1.34. The molecule has 0 aliphatic carbocycles. The second-order valence-electron chi connectivity index (χ2n) is 1.34. The van der Waals surface area contributed by atoms with Crippen LogP contribution in [-0.2, 0) is 0 Å². The fourth-order valence-electron chi connectivity index (χ4n) is 0.428. The molecule has 0 radical (unpaired) electrons. The van der Waals surface area contributed by atoms with Crippen LogP contribution in [0.2, 0.25) is 0 Å². The zero-order chi connectivity index (χ0) is 5.11. The van der Waals surface area contributed by atoms with Crippen LogP contribution in [0.1, 0.15) is 0 Å². The van der Waals surface area contributed by atoms with E-state index < -0.39 is 0 Å². The van der Waals surface area contributed by atoms with Crippen molar-refractivity contribution in [2.45, 2.75) is 0 Å². The molecule has 0 aromatic heterocycles. The average Bonchev–Trinajstić information content (AvgIpc) is 1.69. The van der Waals surface area contributed by atoms with Crippen molar-refractivity contribution in [1.82, 2.24) is 0 Å². The summed E-state index contributed by atoms with van der Waals surface area (Å²) in [7, 11) is 0. The van der Waals surface area contributed by atoms with E-state index in [1.807, 2.05) is 6.07 Å². The molecule has 10 heavy (non-hydrogen) atoms. The van der Waals surface area contributed by atoms with Gasteiger partial charge in [0.05, 0.1) is 0 Å². The molecular formula is C6H12O4. The highest BCUT2D eigenvalue weighted by Crippen LogP contribution is 2.02. The first-order chi connectivity index (χ1) is 3.39. The summed E-state index contributed by atoms with van der Waals surface area (Å²) in [5.74, 6) is 0.322. The Hall–Kier alpha value is -1.10. The lowest BCUT2D eigenvalue weighted by Crippen LogP contribution is -1.56. The predicted octanol–water partition coefficient (Wildman–Crippen LogP) is -1.08. The molecule has 1 rings (SSSR count). The molecule has 0 aliphatic rings. The second kappa shape index (κ2) is 7.90. The van der Waals surface area contributed by atoms with E-state index >= 15 is 0 Å². The molecule has 0 bridgehead atoms. The lowest BCUT2D eigenvalue weighted by atomic mass is 10.3. The van der Waals surface area contributed by atoms with Crippen molar-refractivity contribution >= 4 is 0 Å². The fourth-order valence-corrected chi connectivity index (χ4v) is 0.428. The Labute approximate surface area is 58.7 Å². The van der Waals surface area contributed by atoms with Crippen molar-refractivity contribution in [2.75, 3.05) is 0 Å². The smallest absolute Gasteiger partial charge is 0.115 e. The average molecular weight is 148 g/mol. The number of para-hydroxylation sites is 1. The Morgan fingerprint density at radius 1 is 0.800 bits per heavy atom. The standard InChI is InChI=1S/C6H6O.3H2O/c7-6-4-2-1-3-5-6;;;/h1-5,7H;3*1H2. The topological polar surface area (TPSA) is 115 Å². The normalized spacial score (nSPS) is 6.00. The third kappa shape index (κ3) is 5.04. The van der Waals surface area contributed by atoms with E-state index in [1.54, 1.807) is 24.3 Å². The molecule has 0 heterocycles. The molecule has 7 N–H and O–H groups in total. The van der Waals surface area contributed by atoms with Gasteiger partial charge in [0, 0.05) is 0 Å². The van der Waals surface area contributed by atoms with Crippen LogP contribution < -0.4 is 0 Å². The summed E-state index contributed by atoms with van der Waals surface area (Å²) in [4.78, 5) is 0. The molecule has 4 heteroatoms. The van der Waals surface area contributed by atoms with Gasteiger partial charge in [-0.05, 0) is 12.1 Å². The summed E-state index contributed by atoms with van der Waals surface area (Å²) in [5.41, 5.74) is 0. The van der Waals surface area contributed by atoms with E-state index in [2.05, 4.69) is 0 Å². The Balaban J connectivity index is -0.000000163. The van der Waals surface area contributed by atoms with Crippen LogP contribution in [0.15, 0.2) is 30.3 Å². The molecule has 0 aliphatic heterocycles. The van der Waals surface area contributed by atoms with Gasteiger partial charge in [-0.2, -0.15) is 0 Å². The van der Waals surface area contributed by atoms with Crippen molar-refractivity contribution < 1.29 is 21.5 Å². The van der Waals surface area contributed by atoms with Crippen molar-refractivity contribution in [3.8, 4) is 5.75 Å². The lowest BCUT2D eigenvalue weighted by Gasteiger charge is -1.82. The number of benzene rings is 1. The number of hydrogen-bond donors (Lipinski definition) is 1. The summed E-state index contributed by atoms with van der Waals surface area (Å²) in [6.07, 6.45) is 0. The van der Waals surface area contributed by atoms with E-state index in [-0.39, 0.29) is 16.4 Å². The zero-order valence-corrected chi connectivity index (χ0v) is 5.33. The maximum Gasteiger partial charge on any atom is 0.115 e. The Bertz CT molecular complexity index is 140. The number of phenolic OH excluding ortho intramolecular Hbond substituents is 1. The van der Waals surface area contributed by atoms with Gasteiger partial charge >= 0.3 is 0 Å². The van der Waals surface area contributed by atoms with E-state index in [0.717, 1.165) is 0 Å². The molecule has 0 amide bonds. The lowest BCUT2D eigenvalue weighted by molar-refractivity contribution is 0.475. The molecule has 0 saturated heterocycles. The molecule has 0 saturated carbocycles. The molecule has 1 aromatic rings. The molecule has 0 unspecified atom stereocenters. The van der Waals surface area contributed by atoms with Gasteiger partial charge in [-0.15, -0.1) is 0 Å². The van der Waals surface area contributed by atoms with Crippen LogP contribution >= 0.6 is 0 Å². The monoisotopic (exact) mass is 148 g/mol. The molecule has 0 spiro atoms. The van der Waals surface area contributed by atoms with Crippen molar-refractivity contribution in [2.24, 2.45) is 0 Å². The third-order valence-corrected chi connectivity index (χ3v) is 0.756. The van der Waals surface area contributed by atoms with E-state index in [0.29, 0.717) is 5.75 Å². The summed E-state index contributed by atoms with van der Waals surface area (Å²) >= 11 is 0. The Morgan fingerprint density at radius 3 is 1.40 bits per heavy atom. The maximum absolute atomic E-state index is 8.63. The van der Waals surface area contributed by atoms with Crippen LogP contribution in [0.25, 0.3) is 0 Å². The SMILES string of the molecule is O.O.O.Oc1ccccc1. The predicted molar refractivity (Wildman–Crippen MR) is 38.9 cm³/mol. The Morgan fingerprint density at radius 2 is 1.20 bits per heavy atom. The summed E-state index contributed by atoms with van der Waals surface area (Å²) in [6, 6.07) is 8.71. The van der Waals surface area contributed by atoms with Crippen LogP contribution in [-0.4, -0.2) is 21.5 Å². The van der Waals surface area contributed by atoms with Crippen LogP contribution in [0, 0.1) is 0 Å². The minimum absolute atomic E-state index is 0. The van der Waals surface area contributed by atoms with E-state index in [1.165, 1.54) is 0 Å². The number of aromatic hydroxyl groups is 1. The maximum atomic E-state index is 8.63. The molecule has 1 aromatic carbocycles. The first-order valence-electron chi connectivity index (χ1n) is 2.13. The van der Waals surface area contributed by atoms with Gasteiger partial charge in [0.25, 0.3) is 0 Å². The van der Waals surface area contributed by atoms with E-state index in [9.17, 15) is 0 Å². The van der Waals surface area contributed by atoms with Gasteiger partial charge in [0.2, 0.25) is 0 Å². The summed E-state index contributed by atoms with van der Waals surface area (Å²) in [6.45, 7) is 0. The molecule has 0 fully saturated rings.